The molecule has 312 valence electrons. The maximum atomic E-state index is 2.45. The Hall–Kier alpha value is -6.64. The summed E-state index contributed by atoms with van der Waals surface area (Å²) < 4.78 is 0. The second kappa shape index (κ2) is 16.2. The lowest BCUT2D eigenvalue weighted by atomic mass is 9.59. The second-order valence-electron chi connectivity index (χ2n) is 19.4. The van der Waals surface area contributed by atoms with Crippen molar-refractivity contribution in [1.82, 2.24) is 0 Å². The van der Waals surface area contributed by atoms with Gasteiger partial charge in [0.2, 0.25) is 0 Å². The van der Waals surface area contributed by atoms with Gasteiger partial charge in [-0.2, -0.15) is 0 Å². The van der Waals surface area contributed by atoms with Crippen molar-refractivity contribution in [3.8, 4) is 22.3 Å². The van der Waals surface area contributed by atoms with Crippen LogP contribution < -0.4 is 9.80 Å². The SMILES string of the molecule is CC1(C)c2cc(N(c3ccccc3)c3ccc(C4(c5ccc(N(c6ccccc6)c6ccccc6)cc5)CCC(C(C)(C)C)CC4)cc3)ccc2-c2c(-c3ccccc3)cccc21. The van der Waals surface area contributed by atoms with Crippen LogP contribution in [0.4, 0.5) is 34.1 Å². The lowest BCUT2D eigenvalue weighted by molar-refractivity contribution is 0.146. The Morgan fingerprint density at radius 3 is 1.32 bits per heavy atom. The zero-order chi connectivity index (χ0) is 43.2. The summed E-state index contributed by atoms with van der Waals surface area (Å²) in [5, 5.41) is 0. The lowest BCUT2D eigenvalue weighted by Gasteiger charge is -2.45. The van der Waals surface area contributed by atoms with Gasteiger partial charge in [-0.05, 0) is 154 Å². The summed E-state index contributed by atoms with van der Waals surface area (Å²) in [5.74, 6) is 0.698. The van der Waals surface area contributed by atoms with E-state index in [-0.39, 0.29) is 16.2 Å². The Kier molecular flexibility index (Phi) is 10.4. The average molecular weight is 819 g/mol. The molecule has 0 aliphatic heterocycles. The maximum Gasteiger partial charge on any atom is 0.0465 e. The number of hydrogen-bond acceptors (Lipinski definition) is 2. The Morgan fingerprint density at radius 1 is 0.413 bits per heavy atom. The standard InChI is InChI=1S/C61H58N2/c1-59(2,3)45-39-41-61(42-40-45,46-29-33-51(34-30-46)62(48-21-12-7-13-22-48)49-23-14-8-15-24-49)47-31-35-52(36-32-47)63(50-25-16-9-17-26-50)53-37-38-55-57(43-53)60(4,5)56-28-18-27-54(58(55)56)44-19-10-6-11-20-44/h6-38,43,45H,39-42H2,1-5H3. The molecule has 2 nitrogen and oxygen atoms in total. The largest absolute Gasteiger partial charge is 0.311 e. The fourth-order valence-corrected chi connectivity index (χ4v) is 11.0. The molecule has 8 aromatic carbocycles. The summed E-state index contributed by atoms with van der Waals surface area (Å²) in [6.07, 6.45) is 4.68. The molecule has 0 N–H and O–H groups in total. The van der Waals surface area contributed by atoms with Gasteiger partial charge in [0, 0.05) is 45.0 Å². The summed E-state index contributed by atoms with van der Waals surface area (Å²) in [6.45, 7) is 12.1. The summed E-state index contributed by atoms with van der Waals surface area (Å²) in [5.41, 5.74) is 17.8. The molecule has 1 fully saturated rings. The molecule has 0 unspecified atom stereocenters. The molecule has 0 saturated heterocycles. The van der Waals surface area contributed by atoms with Crippen LogP contribution in [0.2, 0.25) is 0 Å². The first-order chi connectivity index (χ1) is 30.6. The molecule has 2 aliphatic rings. The molecule has 10 rings (SSSR count). The van der Waals surface area contributed by atoms with Gasteiger partial charge in [-0.3, -0.25) is 0 Å². The molecule has 0 heterocycles. The Balaban J connectivity index is 1.04. The number of fused-ring (bicyclic) bond motifs is 3. The summed E-state index contributed by atoms with van der Waals surface area (Å²) in [6, 6.07) is 76.3. The normalized spacial score (nSPS) is 17.7. The Bertz CT molecular complexity index is 2770. The molecular formula is C61H58N2. The molecule has 2 aliphatic carbocycles. The van der Waals surface area contributed by atoms with Crippen molar-refractivity contribution in [2.45, 2.75) is 71.1 Å². The van der Waals surface area contributed by atoms with Crippen molar-refractivity contribution >= 4 is 34.1 Å². The van der Waals surface area contributed by atoms with Gasteiger partial charge < -0.3 is 9.80 Å². The van der Waals surface area contributed by atoms with Crippen molar-refractivity contribution in [1.29, 1.82) is 0 Å². The van der Waals surface area contributed by atoms with Gasteiger partial charge in [-0.25, -0.2) is 0 Å². The molecular weight excluding hydrogens is 761 g/mol. The number of rotatable bonds is 9. The van der Waals surface area contributed by atoms with Crippen LogP contribution in [0.5, 0.6) is 0 Å². The highest BCUT2D eigenvalue weighted by Gasteiger charge is 2.42. The van der Waals surface area contributed by atoms with Gasteiger partial charge in [0.05, 0.1) is 0 Å². The third kappa shape index (κ3) is 7.36. The van der Waals surface area contributed by atoms with E-state index in [9.17, 15) is 0 Å². The van der Waals surface area contributed by atoms with Crippen LogP contribution in [0.15, 0.2) is 206 Å². The Labute approximate surface area is 375 Å². The van der Waals surface area contributed by atoms with E-state index in [1.54, 1.807) is 0 Å². The van der Waals surface area contributed by atoms with Crippen molar-refractivity contribution in [2.24, 2.45) is 11.3 Å². The van der Waals surface area contributed by atoms with E-state index in [0.29, 0.717) is 5.92 Å². The third-order valence-electron chi connectivity index (χ3n) is 14.5. The first-order valence-electron chi connectivity index (χ1n) is 22.9. The summed E-state index contributed by atoms with van der Waals surface area (Å²) >= 11 is 0. The van der Waals surface area contributed by atoms with Gasteiger partial charge >= 0.3 is 0 Å². The fraction of sp³-hybridized carbons (Fsp3) is 0.213. The number of anilines is 6. The summed E-state index contributed by atoms with van der Waals surface area (Å²) in [7, 11) is 0. The minimum absolute atomic E-state index is 0.0828. The zero-order valence-electron chi connectivity index (χ0n) is 37.4. The van der Waals surface area contributed by atoms with E-state index in [4.69, 9.17) is 0 Å². The number of nitrogens with zero attached hydrogens (tertiary/aromatic N) is 2. The number of benzene rings is 8. The summed E-state index contributed by atoms with van der Waals surface area (Å²) in [4.78, 5) is 4.81. The van der Waals surface area contributed by atoms with Crippen LogP contribution in [0.3, 0.4) is 0 Å². The highest BCUT2D eigenvalue weighted by atomic mass is 15.1. The zero-order valence-corrected chi connectivity index (χ0v) is 37.4. The maximum absolute atomic E-state index is 2.45. The molecule has 63 heavy (non-hydrogen) atoms. The molecule has 0 spiro atoms. The lowest BCUT2D eigenvalue weighted by Crippen LogP contribution is -2.36. The van der Waals surface area contributed by atoms with Crippen molar-refractivity contribution in [3.63, 3.8) is 0 Å². The van der Waals surface area contributed by atoms with E-state index in [0.717, 1.165) is 29.9 Å². The fourth-order valence-electron chi connectivity index (χ4n) is 11.0. The Morgan fingerprint density at radius 2 is 0.841 bits per heavy atom. The van der Waals surface area contributed by atoms with E-state index in [1.807, 2.05) is 0 Å². The van der Waals surface area contributed by atoms with Crippen molar-refractivity contribution < 1.29 is 0 Å². The topological polar surface area (TPSA) is 6.48 Å². The molecule has 8 aromatic rings. The average Bonchev–Trinajstić information content (AvgIpc) is 3.56. The van der Waals surface area contributed by atoms with Crippen molar-refractivity contribution in [2.75, 3.05) is 9.80 Å². The smallest absolute Gasteiger partial charge is 0.0465 e. The van der Waals surface area contributed by atoms with Gasteiger partial charge in [0.1, 0.15) is 0 Å². The highest BCUT2D eigenvalue weighted by Crippen LogP contribution is 2.55. The second-order valence-corrected chi connectivity index (χ2v) is 19.4. The van der Waals surface area contributed by atoms with E-state index in [2.05, 4.69) is 251 Å². The third-order valence-corrected chi connectivity index (χ3v) is 14.5. The predicted octanol–water partition coefficient (Wildman–Crippen LogP) is 17.1. The molecule has 0 atom stereocenters. The minimum Gasteiger partial charge on any atom is -0.311 e. The van der Waals surface area contributed by atoms with E-state index < -0.39 is 0 Å². The van der Waals surface area contributed by atoms with Crippen LogP contribution in [0.1, 0.15) is 82.6 Å². The number of hydrogen-bond donors (Lipinski definition) is 0. The molecule has 0 amide bonds. The molecule has 0 radical (unpaired) electrons. The van der Waals surface area contributed by atoms with E-state index >= 15 is 0 Å². The van der Waals surface area contributed by atoms with Crippen LogP contribution in [0, 0.1) is 11.3 Å². The minimum atomic E-state index is -0.148. The van der Waals surface area contributed by atoms with Gasteiger partial charge in [0.25, 0.3) is 0 Å². The highest BCUT2D eigenvalue weighted by molar-refractivity contribution is 5.94. The predicted molar refractivity (Wildman–Crippen MR) is 267 cm³/mol. The molecule has 1 saturated carbocycles. The quantitative estimate of drug-likeness (QED) is 0.143. The number of para-hydroxylation sites is 3. The van der Waals surface area contributed by atoms with E-state index in [1.165, 1.54) is 74.4 Å². The monoisotopic (exact) mass is 818 g/mol. The van der Waals surface area contributed by atoms with Gasteiger partial charge in [0.15, 0.2) is 0 Å². The first-order valence-corrected chi connectivity index (χ1v) is 22.9. The van der Waals surface area contributed by atoms with Gasteiger partial charge in [-0.15, -0.1) is 0 Å². The van der Waals surface area contributed by atoms with Crippen LogP contribution in [-0.4, -0.2) is 0 Å². The van der Waals surface area contributed by atoms with Crippen LogP contribution in [0.25, 0.3) is 22.3 Å². The van der Waals surface area contributed by atoms with Crippen LogP contribution in [-0.2, 0) is 10.8 Å². The molecule has 0 bridgehead atoms. The molecule has 0 aromatic heterocycles. The van der Waals surface area contributed by atoms with Crippen molar-refractivity contribution in [3.05, 3.63) is 229 Å². The van der Waals surface area contributed by atoms with Gasteiger partial charge in [-0.1, -0.05) is 168 Å². The first kappa shape index (κ1) is 40.4. The molecule has 2 heteroatoms. The van der Waals surface area contributed by atoms with Crippen LogP contribution >= 0.6 is 0 Å².